The van der Waals surface area contributed by atoms with Gasteiger partial charge in [0.25, 0.3) is 5.78 Å². The molecule has 12 heteroatoms. The van der Waals surface area contributed by atoms with Crippen molar-refractivity contribution in [2.24, 2.45) is 5.41 Å². The molecule has 3 aliphatic carbocycles. The number of nitrogen functional groups attached to an aromatic ring is 1. The molecule has 1 aromatic carbocycles. The quantitative estimate of drug-likeness (QED) is 0.425. The van der Waals surface area contributed by atoms with Crippen molar-refractivity contribution < 1.29 is 22.4 Å². The van der Waals surface area contributed by atoms with Crippen LogP contribution >= 0.6 is 0 Å². The molecular weight excluding hydrogens is 466 g/mol. The van der Waals surface area contributed by atoms with Crippen molar-refractivity contribution in [2.75, 3.05) is 11.1 Å². The molecular formula is C23H23F4N7O. The number of carbonyl (C=O) groups excluding carboxylic acids is 1. The second-order valence-corrected chi connectivity index (χ2v) is 10.1. The number of halogens is 4. The van der Waals surface area contributed by atoms with E-state index in [9.17, 15) is 22.4 Å². The topological polar surface area (TPSA) is 101 Å². The molecule has 1 atom stereocenters. The molecule has 1 unspecified atom stereocenters. The van der Waals surface area contributed by atoms with E-state index in [1.54, 1.807) is 23.1 Å². The molecule has 1 aliphatic heterocycles. The van der Waals surface area contributed by atoms with Crippen molar-refractivity contribution in [2.45, 2.75) is 64.1 Å². The van der Waals surface area contributed by atoms with Gasteiger partial charge in [-0.05, 0) is 56.9 Å². The number of fused-ring (bicyclic) bond motifs is 3. The van der Waals surface area contributed by atoms with Gasteiger partial charge < -0.3 is 16.0 Å². The van der Waals surface area contributed by atoms with Crippen molar-refractivity contribution in [3.8, 4) is 0 Å². The minimum Gasteiger partial charge on any atom is -0.399 e. The highest BCUT2D eigenvalue weighted by Gasteiger charge is 2.73. The average Bonchev–Trinajstić information content (AvgIpc) is 3.33. The van der Waals surface area contributed by atoms with Crippen LogP contribution in [0.5, 0.6) is 0 Å². The molecule has 1 amide bonds. The van der Waals surface area contributed by atoms with Gasteiger partial charge in [0.1, 0.15) is 17.3 Å². The lowest BCUT2D eigenvalue weighted by Crippen LogP contribution is -2.69. The van der Waals surface area contributed by atoms with Gasteiger partial charge in [-0.25, -0.2) is 4.39 Å². The maximum atomic E-state index is 14.1. The van der Waals surface area contributed by atoms with Crippen LogP contribution in [-0.2, 0) is 24.1 Å². The van der Waals surface area contributed by atoms with Crippen LogP contribution in [0, 0.1) is 12.3 Å². The minimum atomic E-state index is -4.53. The van der Waals surface area contributed by atoms with E-state index in [1.807, 2.05) is 0 Å². The van der Waals surface area contributed by atoms with E-state index in [0.29, 0.717) is 29.5 Å². The van der Waals surface area contributed by atoms with Crippen molar-refractivity contribution in [1.82, 2.24) is 24.5 Å². The third-order valence-corrected chi connectivity index (χ3v) is 7.48. The molecule has 2 aromatic heterocycles. The molecule has 7 rings (SSSR count). The summed E-state index contributed by atoms with van der Waals surface area (Å²) in [6.07, 6.45) is -3.72. The fourth-order valence-electron chi connectivity index (χ4n) is 5.81. The van der Waals surface area contributed by atoms with Crippen LogP contribution in [0.3, 0.4) is 0 Å². The molecule has 2 bridgehead atoms. The van der Waals surface area contributed by atoms with Crippen LogP contribution in [0.4, 0.5) is 29.1 Å². The lowest BCUT2D eigenvalue weighted by atomic mass is 9.42. The number of nitrogens with two attached hydrogens (primary N) is 1. The number of alkyl halides is 4. The first-order chi connectivity index (χ1) is 16.4. The van der Waals surface area contributed by atoms with Crippen LogP contribution in [0.25, 0.3) is 5.78 Å². The Morgan fingerprint density at radius 1 is 1.17 bits per heavy atom. The molecule has 0 spiro atoms. The van der Waals surface area contributed by atoms with E-state index in [0.717, 1.165) is 23.4 Å². The van der Waals surface area contributed by atoms with Crippen LogP contribution in [0.1, 0.15) is 60.4 Å². The molecule has 8 nitrogen and oxygen atoms in total. The number of nitrogens with one attached hydrogen (secondary N) is 1. The third-order valence-electron chi connectivity index (χ3n) is 7.48. The van der Waals surface area contributed by atoms with Gasteiger partial charge >= 0.3 is 6.18 Å². The van der Waals surface area contributed by atoms with Gasteiger partial charge in [-0.1, -0.05) is 0 Å². The lowest BCUT2D eigenvalue weighted by molar-refractivity contribution is -0.222. The summed E-state index contributed by atoms with van der Waals surface area (Å²) in [5, 5.41) is 11.4. The molecule has 0 radical (unpaired) electrons. The highest BCUT2D eigenvalue weighted by atomic mass is 19.4. The zero-order valence-electron chi connectivity index (χ0n) is 19.1. The number of benzene rings is 1. The Labute approximate surface area is 197 Å². The Bertz CT molecular complexity index is 1380. The van der Waals surface area contributed by atoms with E-state index >= 15 is 0 Å². The van der Waals surface area contributed by atoms with Gasteiger partial charge in [-0.15, -0.1) is 10.2 Å². The normalized spacial score (nSPS) is 25.7. The summed E-state index contributed by atoms with van der Waals surface area (Å²) in [6.45, 7) is 4.05. The first-order valence-corrected chi connectivity index (χ1v) is 11.3. The highest BCUT2D eigenvalue weighted by Crippen LogP contribution is 2.70. The van der Waals surface area contributed by atoms with Gasteiger partial charge in [0.2, 0.25) is 5.91 Å². The fourth-order valence-corrected chi connectivity index (χ4v) is 5.81. The van der Waals surface area contributed by atoms with Crippen molar-refractivity contribution in [3.63, 3.8) is 0 Å². The predicted octanol–water partition coefficient (Wildman–Crippen LogP) is 3.94. The zero-order valence-corrected chi connectivity index (χ0v) is 19.1. The van der Waals surface area contributed by atoms with Crippen molar-refractivity contribution >= 4 is 23.2 Å². The van der Waals surface area contributed by atoms with Crippen LogP contribution in [-0.4, -0.2) is 36.1 Å². The van der Waals surface area contributed by atoms with Crippen LogP contribution < -0.4 is 11.1 Å². The molecule has 0 saturated heterocycles. The number of amides is 1. The van der Waals surface area contributed by atoms with Gasteiger partial charge in [0, 0.05) is 11.3 Å². The summed E-state index contributed by atoms with van der Waals surface area (Å²) in [6, 6.07) is 2.86. The van der Waals surface area contributed by atoms with Crippen LogP contribution in [0.15, 0.2) is 18.2 Å². The number of hydrogen-bond donors (Lipinski definition) is 2. The molecule has 3 saturated carbocycles. The first-order valence-electron chi connectivity index (χ1n) is 11.3. The van der Waals surface area contributed by atoms with Crippen LogP contribution in [0.2, 0.25) is 0 Å². The zero-order chi connectivity index (χ0) is 24.9. The summed E-state index contributed by atoms with van der Waals surface area (Å²) < 4.78 is 55.7. The van der Waals surface area contributed by atoms with Gasteiger partial charge in [0.05, 0.1) is 35.8 Å². The number of nitrogens with zero attached hydrogens (tertiary/aromatic N) is 5. The summed E-state index contributed by atoms with van der Waals surface area (Å²) in [7, 11) is 0. The summed E-state index contributed by atoms with van der Waals surface area (Å²) in [4.78, 5) is 19.5. The van der Waals surface area contributed by atoms with E-state index in [4.69, 9.17) is 5.73 Å². The molecule has 35 heavy (non-hydrogen) atoms. The number of rotatable bonds is 4. The maximum Gasteiger partial charge on any atom is 0.416 e. The Balaban J connectivity index is 1.34. The average molecular weight is 489 g/mol. The first kappa shape index (κ1) is 22.1. The van der Waals surface area contributed by atoms with E-state index in [1.165, 1.54) is 6.07 Å². The SMILES string of the molecule is Cc1nnc2nc(NC(C)c3cc(N)cc(C(F)(F)F)c3)c3c(n12)CN(C(=O)C12CC(F)(C1)C2)C3. The Kier molecular flexibility index (Phi) is 4.30. The molecule has 3 aromatic rings. The number of hydrogen-bond acceptors (Lipinski definition) is 6. The van der Waals surface area contributed by atoms with Gasteiger partial charge in [-0.3, -0.25) is 9.20 Å². The molecule has 3 N–H and O–H groups in total. The second kappa shape index (κ2) is 6.82. The summed E-state index contributed by atoms with van der Waals surface area (Å²) in [5.74, 6) is 1.27. The minimum absolute atomic E-state index is 0.00570. The lowest BCUT2D eigenvalue weighted by Gasteiger charge is -2.64. The van der Waals surface area contributed by atoms with Gasteiger partial charge in [0.15, 0.2) is 0 Å². The summed E-state index contributed by atoms with van der Waals surface area (Å²) >= 11 is 0. The number of carbonyl (C=O) groups is 1. The molecule has 184 valence electrons. The monoisotopic (exact) mass is 489 g/mol. The Morgan fingerprint density at radius 2 is 1.89 bits per heavy atom. The maximum absolute atomic E-state index is 14.1. The standard InChI is InChI=1S/C23H23F4N7O/c1-11(13-3-14(23(25,26)27)5-15(28)4-13)29-18-16-6-33(19(35)21-8-22(24,9-21)10-21)7-17(16)34-12(2)31-32-20(34)30-18/h3-5,11H,6-10,28H2,1-2H3,(H,29,30,32). The predicted molar refractivity (Wildman–Crippen MR) is 118 cm³/mol. The second-order valence-electron chi connectivity index (χ2n) is 10.1. The third kappa shape index (κ3) is 3.25. The molecule has 4 aliphatic rings. The smallest absolute Gasteiger partial charge is 0.399 e. The highest BCUT2D eigenvalue weighted by molar-refractivity contribution is 5.87. The number of aromatic nitrogens is 4. The number of aryl methyl sites for hydroxylation is 1. The Hall–Kier alpha value is -3.44. The Morgan fingerprint density at radius 3 is 2.54 bits per heavy atom. The summed E-state index contributed by atoms with van der Waals surface area (Å²) in [5.41, 5.74) is 4.99. The van der Waals surface area contributed by atoms with Crippen molar-refractivity contribution in [3.05, 3.63) is 46.4 Å². The van der Waals surface area contributed by atoms with Gasteiger partial charge in [-0.2, -0.15) is 18.2 Å². The largest absolute Gasteiger partial charge is 0.416 e. The molecule has 3 heterocycles. The van der Waals surface area contributed by atoms with E-state index < -0.39 is 28.9 Å². The number of anilines is 2. The van der Waals surface area contributed by atoms with E-state index in [-0.39, 0.29) is 37.4 Å². The van der Waals surface area contributed by atoms with Crippen molar-refractivity contribution in [1.29, 1.82) is 0 Å². The fraction of sp³-hybridized carbons (Fsp3) is 0.478. The van der Waals surface area contributed by atoms with E-state index in [2.05, 4.69) is 20.5 Å². The molecule has 3 fully saturated rings.